The van der Waals surface area contributed by atoms with Crippen molar-refractivity contribution in [3.63, 3.8) is 0 Å². The van der Waals surface area contributed by atoms with Crippen LogP contribution in [0.2, 0.25) is 0 Å². The van der Waals surface area contributed by atoms with E-state index in [1.165, 1.54) is 0 Å². The normalized spacial score (nSPS) is 14.6. The van der Waals surface area contributed by atoms with Crippen LogP contribution in [0.3, 0.4) is 0 Å². The summed E-state index contributed by atoms with van der Waals surface area (Å²) < 4.78 is 5.17. The lowest BCUT2D eigenvalue weighted by atomic mass is 9.94. The Labute approximate surface area is 112 Å². The van der Waals surface area contributed by atoms with Crippen molar-refractivity contribution in [2.24, 2.45) is 0 Å². The molecule has 18 heavy (non-hydrogen) atoms. The van der Waals surface area contributed by atoms with E-state index in [1.54, 1.807) is 0 Å². The summed E-state index contributed by atoms with van der Waals surface area (Å²) in [6, 6.07) is 0. The van der Waals surface area contributed by atoms with Gasteiger partial charge in [0, 0.05) is 0 Å². The minimum absolute atomic E-state index is 0.122. The number of hydrogen-bond acceptors (Lipinski definition) is 4. The molecule has 108 valence electrons. The zero-order chi connectivity index (χ0) is 14.0. The highest BCUT2D eigenvalue weighted by Crippen LogP contribution is 2.16. The van der Waals surface area contributed by atoms with Crippen LogP contribution in [-0.2, 0) is 9.53 Å². The largest absolute Gasteiger partial charge is 0.465 e. The van der Waals surface area contributed by atoms with E-state index >= 15 is 0 Å². The Bertz CT molecular complexity index is 232. The Morgan fingerprint density at radius 1 is 1.28 bits per heavy atom. The van der Waals surface area contributed by atoms with Crippen LogP contribution in [0.5, 0.6) is 0 Å². The zero-order valence-electron chi connectivity index (χ0n) is 12.7. The average molecular weight is 258 g/mol. The van der Waals surface area contributed by atoms with Crippen LogP contribution < -0.4 is 5.32 Å². The van der Waals surface area contributed by atoms with E-state index in [-0.39, 0.29) is 5.97 Å². The molecule has 0 heterocycles. The van der Waals surface area contributed by atoms with Gasteiger partial charge in [-0.1, -0.05) is 6.92 Å². The summed E-state index contributed by atoms with van der Waals surface area (Å²) in [5, 5.41) is 3.33. The first-order chi connectivity index (χ1) is 8.46. The molecule has 0 saturated carbocycles. The third-order valence-corrected chi connectivity index (χ3v) is 3.02. The first kappa shape index (κ1) is 17.4. The van der Waals surface area contributed by atoms with Crippen molar-refractivity contribution in [1.29, 1.82) is 0 Å². The molecule has 0 bridgehead atoms. The fourth-order valence-corrected chi connectivity index (χ4v) is 1.86. The van der Waals surface area contributed by atoms with Gasteiger partial charge in [-0.3, -0.25) is 4.79 Å². The lowest BCUT2D eigenvalue weighted by molar-refractivity contribution is -0.150. The Hall–Kier alpha value is -0.610. The highest BCUT2D eigenvalue weighted by Gasteiger charge is 2.33. The minimum atomic E-state index is -0.529. The molecule has 0 spiro atoms. The quantitative estimate of drug-likeness (QED) is 0.481. The first-order valence-electron chi connectivity index (χ1n) is 7.03. The maximum absolute atomic E-state index is 12.0. The minimum Gasteiger partial charge on any atom is -0.465 e. The molecular formula is C14H30N2O2. The standard InChI is InChI=1S/C14H30N2O2/c1-6-11-15-14(3,13(17)18-7-2)10-8-9-12-16(4)5/h15H,6-12H2,1-5H3. The molecule has 4 nitrogen and oxygen atoms in total. The van der Waals surface area contributed by atoms with Crippen molar-refractivity contribution in [3.8, 4) is 0 Å². The number of carbonyl (C=O) groups excluding carboxylic acids is 1. The third-order valence-electron chi connectivity index (χ3n) is 3.02. The monoisotopic (exact) mass is 258 g/mol. The number of nitrogens with one attached hydrogen (secondary N) is 1. The molecule has 0 aliphatic heterocycles. The lowest BCUT2D eigenvalue weighted by Crippen LogP contribution is -2.50. The molecule has 0 aliphatic rings. The van der Waals surface area contributed by atoms with Gasteiger partial charge in [-0.05, 0) is 66.7 Å². The molecule has 0 aliphatic carbocycles. The topological polar surface area (TPSA) is 41.6 Å². The highest BCUT2D eigenvalue weighted by atomic mass is 16.5. The number of ether oxygens (including phenoxy) is 1. The van der Waals surface area contributed by atoms with Gasteiger partial charge in [-0.25, -0.2) is 0 Å². The number of rotatable bonds is 10. The summed E-state index contributed by atoms with van der Waals surface area (Å²) >= 11 is 0. The maximum Gasteiger partial charge on any atom is 0.326 e. The van der Waals surface area contributed by atoms with E-state index in [0.29, 0.717) is 6.61 Å². The predicted octanol–water partition coefficient (Wildman–Crippen LogP) is 2.04. The van der Waals surface area contributed by atoms with Gasteiger partial charge in [0.05, 0.1) is 6.61 Å². The van der Waals surface area contributed by atoms with Crippen LogP contribution in [0, 0.1) is 0 Å². The SMILES string of the molecule is CCCNC(C)(CCCCN(C)C)C(=O)OCC. The second-order valence-corrected chi connectivity index (χ2v) is 5.24. The molecule has 1 unspecified atom stereocenters. The van der Waals surface area contributed by atoms with Gasteiger partial charge in [0.25, 0.3) is 0 Å². The van der Waals surface area contributed by atoms with E-state index < -0.39 is 5.54 Å². The molecule has 0 aromatic rings. The number of nitrogens with zero attached hydrogens (tertiary/aromatic N) is 1. The van der Waals surface area contributed by atoms with Crippen molar-refractivity contribution in [2.75, 3.05) is 33.8 Å². The van der Waals surface area contributed by atoms with Crippen LogP contribution in [0.1, 0.15) is 46.5 Å². The molecule has 4 heteroatoms. The van der Waals surface area contributed by atoms with Crippen LogP contribution in [0.4, 0.5) is 0 Å². The summed E-state index contributed by atoms with van der Waals surface area (Å²) in [6.45, 7) is 8.26. The smallest absolute Gasteiger partial charge is 0.326 e. The van der Waals surface area contributed by atoms with Crippen LogP contribution in [0.25, 0.3) is 0 Å². The molecule has 1 atom stereocenters. The van der Waals surface area contributed by atoms with Crippen LogP contribution >= 0.6 is 0 Å². The van der Waals surface area contributed by atoms with Crippen molar-refractivity contribution >= 4 is 5.97 Å². The maximum atomic E-state index is 12.0. The summed E-state index contributed by atoms with van der Waals surface area (Å²) in [5.74, 6) is -0.122. The van der Waals surface area contributed by atoms with Crippen LogP contribution in [0.15, 0.2) is 0 Å². The number of carbonyl (C=O) groups is 1. The molecule has 0 amide bonds. The van der Waals surface area contributed by atoms with Crippen LogP contribution in [-0.4, -0.2) is 50.2 Å². The van der Waals surface area contributed by atoms with E-state index in [2.05, 4.69) is 31.2 Å². The summed E-state index contributed by atoms with van der Waals surface area (Å²) in [4.78, 5) is 14.2. The third kappa shape index (κ3) is 6.97. The predicted molar refractivity (Wildman–Crippen MR) is 75.7 cm³/mol. The van der Waals surface area contributed by atoms with E-state index in [1.807, 2.05) is 13.8 Å². The summed E-state index contributed by atoms with van der Waals surface area (Å²) in [7, 11) is 4.14. The Morgan fingerprint density at radius 3 is 2.44 bits per heavy atom. The zero-order valence-corrected chi connectivity index (χ0v) is 12.7. The van der Waals surface area contributed by atoms with Gasteiger partial charge < -0.3 is 15.0 Å². The molecule has 0 fully saturated rings. The van der Waals surface area contributed by atoms with Gasteiger partial charge in [0.15, 0.2) is 0 Å². The van der Waals surface area contributed by atoms with Crippen molar-refractivity contribution < 1.29 is 9.53 Å². The van der Waals surface area contributed by atoms with Gasteiger partial charge in [0.2, 0.25) is 0 Å². The molecule has 0 radical (unpaired) electrons. The Morgan fingerprint density at radius 2 is 1.94 bits per heavy atom. The fraction of sp³-hybridized carbons (Fsp3) is 0.929. The van der Waals surface area contributed by atoms with E-state index in [0.717, 1.165) is 38.8 Å². The average Bonchev–Trinajstić information content (AvgIpc) is 2.32. The van der Waals surface area contributed by atoms with Gasteiger partial charge >= 0.3 is 5.97 Å². The van der Waals surface area contributed by atoms with E-state index in [4.69, 9.17) is 4.74 Å². The molecule has 1 N–H and O–H groups in total. The molecular weight excluding hydrogens is 228 g/mol. The second kappa shape index (κ2) is 9.34. The Kier molecular flexibility index (Phi) is 9.02. The summed E-state index contributed by atoms with van der Waals surface area (Å²) in [5.41, 5.74) is -0.529. The molecule has 0 aromatic carbocycles. The van der Waals surface area contributed by atoms with Gasteiger partial charge in [-0.2, -0.15) is 0 Å². The van der Waals surface area contributed by atoms with Crippen molar-refractivity contribution in [3.05, 3.63) is 0 Å². The van der Waals surface area contributed by atoms with Gasteiger partial charge in [-0.15, -0.1) is 0 Å². The molecule has 0 rings (SSSR count). The van der Waals surface area contributed by atoms with Crippen molar-refractivity contribution in [1.82, 2.24) is 10.2 Å². The fourth-order valence-electron chi connectivity index (χ4n) is 1.86. The number of esters is 1. The van der Waals surface area contributed by atoms with Gasteiger partial charge in [0.1, 0.15) is 5.54 Å². The highest BCUT2D eigenvalue weighted by molar-refractivity contribution is 5.80. The lowest BCUT2D eigenvalue weighted by Gasteiger charge is -2.28. The second-order valence-electron chi connectivity index (χ2n) is 5.24. The summed E-state index contributed by atoms with van der Waals surface area (Å²) in [6.07, 6.45) is 3.99. The number of hydrogen-bond donors (Lipinski definition) is 1. The van der Waals surface area contributed by atoms with E-state index in [9.17, 15) is 4.79 Å². The Balaban J connectivity index is 4.24. The molecule has 0 aromatic heterocycles. The first-order valence-corrected chi connectivity index (χ1v) is 7.03. The van der Waals surface area contributed by atoms with Crippen molar-refractivity contribution in [2.45, 2.75) is 52.0 Å². The number of unbranched alkanes of at least 4 members (excludes halogenated alkanes) is 1. The molecule has 0 saturated heterocycles.